The summed E-state index contributed by atoms with van der Waals surface area (Å²) in [7, 11) is 0. The Morgan fingerprint density at radius 3 is 1.19 bits per heavy atom. The van der Waals surface area contributed by atoms with Gasteiger partial charge in [-0.2, -0.15) is 0 Å². The molecule has 2 aliphatic carbocycles. The van der Waals surface area contributed by atoms with Gasteiger partial charge in [0.15, 0.2) is 0 Å². The van der Waals surface area contributed by atoms with Gasteiger partial charge in [-0.05, 0) is 0 Å². The van der Waals surface area contributed by atoms with Crippen LogP contribution < -0.4 is 24.8 Å². The van der Waals surface area contributed by atoms with Gasteiger partial charge in [-0.1, -0.05) is 0 Å². The van der Waals surface area contributed by atoms with Crippen LogP contribution in [0.5, 0.6) is 0 Å². The van der Waals surface area contributed by atoms with Crippen LogP contribution in [0.1, 0.15) is 30.7 Å². The predicted octanol–water partition coefficient (Wildman–Crippen LogP) is 4.50. The molecule has 0 amide bonds. The predicted molar refractivity (Wildman–Crippen MR) is 181 cm³/mol. The van der Waals surface area contributed by atoms with E-state index in [0.717, 1.165) is 0 Å². The molecular formula is C42H28Cl2N2Ti. The van der Waals surface area contributed by atoms with Crippen molar-refractivity contribution in [2.24, 2.45) is 0 Å². The second-order valence-corrected chi connectivity index (χ2v) is 14.4. The van der Waals surface area contributed by atoms with E-state index in [2.05, 4.69) is 167 Å². The minimum atomic E-state index is -0.625. The Hall–Kier alpha value is -4.31. The molecule has 2 heterocycles. The van der Waals surface area contributed by atoms with Crippen molar-refractivity contribution in [2.75, 3.05) is 0 Å². The second kappa shape index (κ2) is 11.7. The van der Waals surface area contributed by atoms with E-state index >= 15 is 0 Å². The van der Waals surface area contributed by atoms with Gasteiger partial charge in [0.25, 0.3) is 0 Å². The van der Waals surface area contributed by atoms with Gasteiger partial charge in [-0.3, -0.25) is 0 Å². The van der Waals surface area contributed by atoms with Crippen LogP contribution in [0.3, 0.4) is 0 Å². The first-order chi connectivity index (χ1) is 22.4. The first-order valence-electron chi connectivity index (χ1n) is 15.7. The molecule has 2 aromatic heterocycles. The van der Waals surface area contributed by atoms with Crippen molar-refractivity contribution in [3.8, 4) is 33.9 Å². The van der Waals surface area contributed by atoms with Gasteiger partial charge >= 0.3 is 272 Å². The number of hydrogen-bond donors (Lipinski definition) is 0. The van der Waals surface area contributed by atoms with E-state index in [-0.39, 0.29) is 24.8 Å². The van der Waals surface area contributed by atoms with E-state index < -0.39 is 19.2 Å². The average Bonchev–Trinajstić information content (AvgIpc) is 3.82. The fourth-order valence-electron chi connectivity index (χ4n) is 8.09. The number of nitrogens with zero attached hydrogens (tertiary/aromatic N) is 2. The first kappa shape index (κ1) is 30.1. The van der Waals surface area contributed by atoms with Gasteiger partial charge in [-0.25, -0.2) is 0 Å². The number of halogens is 2. The molecule has 2 aliphatic rings. The van der Waals surface area contributed by atoms with E-state index in [1.54, 1.807) is 0 Å². The van der Waals surface area contributed by atoms with E-state index in [1.165, 1.54) is 77.9 Å². The summed E-state index contributed by atoms with van der Waals surface area (Å²) in [6.45, 7) is 0. The topological polar surface area (TPSA) is 9.86 Å². The van der Waals surface area contributed by atoms with Crippen LogP contribution in [0.4, 0.5) is 0 Å². The Morgan fingerprint density at radius 1 is 0.383 bits per heavy atom. The summed E-state index contributed by atoms with van der Waals surface area (Å²) >= 11 is -0.625. The number of aromatic nitrogens is 2. The van der Waals surface area contributed by atoms with Crippen molar-refractivity contribution < 1.29 is 44.0 Å². The van der Waals surface area contributed by atoms with E-state index in [4.69, 9.17) is 0 Å². The summed E-state index contributed by atoms with van der Waals surface area (Å²) in [4.78, 5) is 0. The summed E-state index contributed by atoms with van der Waals surface area (Å²) in [5.41, 5.74) is 16.6. The van der Waals surface area contributed by atoms with Crippen molar-refractivity contribution in [1.29, 1.82) is 0 Å². The Morgan fingerprint density at radius 2 is 0.745 bits per heavy atom. The molecule has 2 unspecified atom stereocenters. The summed E-state index contributed by atoms with van der Waals surface area (Å²) in [6, 6.07) is 58.4. The molecule has 6 aromatic carbocycles. The molecule has 0 radical (unpaired) electrons. The zero-order valence-corrected chi connectivity index (χ0v) is 28.4. The molecule has 0 saturated carbocycles. The van der Waals surface area contributed by atoms with Crippen LogP contribution in [0.2, 0.25) is 0 Å². The fourth-order valence-corrected chi connectivity index (χ4v) is 11.4. The molecular weight excluding hydrogens is 651 g/mol. The zero-order valence-electron chi connectivity index (χ0n) is 25.3. The third-order valence-corrected chi connectivity index (χ3v) is 12.7. The number of rotatable bonds is 4. The maximum atomic E-state index is 2.52. The fraction of sp³-hybridized carbons (Fsp3) is 0.0476. The van der Waals surface area contributed by atoms with Crippen LogP contribution in [-0.2, 0) is 19.2 Å². The van der Waals surface area contributed by atoms with E-state index in [1.807, 2.05) is 0 Å². The molecule has 0 fully saturated rings. The van der Waals surface area contributed by atoms with Crippen molar-refractivity contribution in [3.05, 3.63) is 180 Å². The normalized spacial score (nSPS) is 15.2. The Kier molecular flexibility index (Phi) is 7.51. The van der Waals surface area contributed by atoms with Crippen LogP contribution in [-0.4, -0.2) is 9.13 Å². The SMILES string of the molecule is [Cl-].[Cl-].c1ccc(-n2c3c(c4ccccc42)[CH]([Ti+2][CH]2c4ccccc4-c4c2c2ccccc2n4-c2ccccc2)c2ccccc2-3)cc1. The Bertz CT molecular complexity index is 2260. The van der Waals surface area contributed by atoms with Gasteiger partial charge in [0.05, 0.1) is 0 Å². The van der Waals surface area contributed by atoms with Crippen LogP contribution >= 0.6 is 0 Å². The maximum absolute atomic E-state index is 2.52. The Balaban J connectivity index is 0.00000162. The van der Waals surface area contributed by atoms with Crippen molar-refractivity contribution in [1.82, 2.24) is 9.13 Å². The van der Waals surface area contributed by atoms with Crippen molar-refractivity contribution in [2.45, 2.75) is 8.45 Å². The second-order valence-electron chi connectivity index (χ2n) is 12.1. The Labute approximate surface area is 295 Å². The molecule has 0 bridgehead atoms. The van der Waals surface area contributed by atoms with Crippen molar-refractivity contribution >= 4 is 21.8 Å². The van der Waals surface area contributed by atoms with Gasteiger partial charge in [0.1, 0.15) is 0 Å². The molecule has 10 rings (SSSR count). The summed E-state index contributed by atoms with van der Waals surface area (Å²) in [5, 5.41) is 2.78. The quantitative estimate of drug-likeness (QED) is 0.243. The minimum absolute atomic E-state index is 0. The van der Waals surface area contributed by atoms with Crippen LogP contribution in [0.15, 0.2) is 158 Å². The monoisotopic (exact) mass is 678 g/mol. The molecule has 2 atom stereocenters. The van der Waals surface area contributed by atoms with Crippen LogP contribution in [0.25, 0.3) is 55.7 Å². The third-order valence-electron chi connectivity index (χ3n) is 9.82. The molecule has 224 valence electrons. The van der Waals surface area contributed by atoms with Crippen LogP contribution in [0, 0.1) is 0 Å². The van der Waals surface area contributed by atoms with Gasteiger partial charge < -0.3 is 24.8 Å². The van der Waals surface area contributed by atoms with Gasteiger partial charge in [0, 0.05) is 0 Å². The molecule has 0 aliphatic heterocycles. The summed E-state index contributed by atoms with van der Waals surface area (Å²) in [6.07, 6.45) is 0. The molecule has 2 nitrogen and oxygen atoms in total. The zero-order chi connectivity index (χ0) is 29.5. The van der Waals surface area contributed by atoms with Gasteiger partial charge in [0.2, 0.25) is 0 Å². The molecule has 0 N–H and O–H groups in total. The number of para-hydroxylation sites is 4. The number of benzene rings is 6. The molecule has 5 heteroatoms. The first-order valence-corrected chi connectivity index (χ1v) is 17.5. The van der Waals surface area contributed by atoms with E-state index in [0.29, 0.717) is 8.45 Å². The summed E-state index contributed by atoms with van der Waals surface area (Å²) in [5.74, 6) is 0. The molecule has 0 spiro atoms. The molecule has 0 saturated heterocycles. The van der Waals surface area contributed by atoms with E-state index in [9.17, 15) is 0 Å². The molecule has 47 heavy (non-hydrogen) atoms. The van der Waals surface area contributed by atoms with Gasteiger partial charge in [-0.15, -0.1) is 0 Å². The number of fused-ring (bicyclic) bond motifs is 10. The molecule has 8 aromatic rings. The summed E-state index contributed by atoms with van der Waals surface area (Å²) < 4.78 is 5.83. The average molecular weight is 679 g/mol. The standard InChI is InChI=1S/2C21H14N.2ClH.Ti/c2*1-2-9-16(10-3-1)22-20-13-7-6-12-18(20)19-14-15-8-4-5-11-17(15)21(19)22;;;/h2*1-14H;2*1H;/q;;;;+2/p-2. The third kappa shape index (κ3) is 4.29. The number of hydrogen-bond acceptors (Lipinski definition) is 0. The van der Waals surface area contributed by atoms with Crippen molar-refractivity contribution in [3.63, 3.8) is 0 Å².